The van der Waals surface area contributed by atoms with Crippen LogP contribution < -0.4 is 0 Å². The van der Waals surface area contributed by atoms with Crippen LogP contribution in [0.5, 0.6) is 0 Å². The molecular formula is C91H162NO8+. The second-order valence-corrected chi connectivity index (χ2v) is 29.8. The van der Waals surface area contributed by atoms with Crippen LogP contribution in [0.2, 0.25) is 0 Å². The number of carboxylic acid groups (broad SMARTS) is 1. The fourth-order valence-electron chi connectivity index (χ4n) is 12.4. The smallest absolute Gasteiger partial charge is 0.361 e. The van der Waals surface area contributed by atoms with E-state index >= 15 is 0 Å². The van der Waals surface area contributed by atoms with E-state index in [-0.39, 0.29) is 32.2 Å². The number of rotatable bonds is 79. The largest absolute Gasteiger partial charge is 0.477 e. The lowest BCUT2D eigenvalue weighted by molar-refractivity contribution is -0.870. The molecule has 2 atom stereocenters. The Hall–Kier alpha value is -4.05. The highest BCUT2D eigenvalue weighted by Gasteiger charge is 2.25. The summed E-state index contributed by atoms with van der Waals surface area (Å²) in [6, 6.07) is 0. The number of nitrogens with zero attached hydrogens (tertiary/aromatic N) is 1. The third-order valence-corrected chi connectivity index (χ3v) is 18.8. The van der Waals surface area contributed by atoms with Gasteiger partial charge in [0.2, 0.25) is 0 Å². The van der Waals surface area contributed by atoms with Crippen LogP contribution in [0.15, 0.2) is 109 Å². The van der Waals surface area contributed by atoms with Crippen molar-refractivity contribution < 1.29 is 42.9 Å². The Morgan fingerprint density at radius 3 is 0.850 bits per heavy atom. The lowest BCUT2D eigenvalue weighted by atomic mass is 10.0. The highest BCUT2D eigenvalue weighted by Crippen LogP contribution is 2.20. The van der Waals surface area contributed by atoms with E-state index in [1.165, 1.54) is 257 Å². The molecule has 0 aromatic carbocycles. The second kappa shape index (κ2) is 80.6. The van der Waals surface area contributed by atoms with Crippen molar-refractivity contribution in [1.82, 2.24) is 0 Å². The maximum atomic E-state index is 13.0. The highest BCUT2D eigenvalue weighted by atomic mass is 16.7. The summed E-state index contributed by atoms with van der Waals surface area (Å²) in [4.78, 5) is 37.8. The van der Waals surface area contributed by atoms with Gasteiger partial charge in [0.25, 0.3) is 6.29 Å². The van der Waals surface area contributed by atoms with Gasteiger partial charge in [0.15, 0.2) is 6.10 Å². The molecule has 0 heterocycles. The number of carboxylic acids is 1. The van der Waals surface area contributed by atoms with Gasteiger partial charge in [0.1, 0.15) is 13.2 Å². The summed E-state index contributed by atoms with van der Waals surface area (Å²) in [6.07, 6.45) is 111. The lowest BCUT2D eigenvalue weighted by Gasteiger charge is -2.25. The van der Waals surface area contributed by atoms with E-state index in [2.05, 4.69) is 123 Å². The van der Waals surface area contributed by atoms with Crippen molar-refractivity contribution in [2.75, 3.05) is 47.5 Å². The lowest BCUT2D eigenvalue weighted by Crippen LogP contribution is -2.40. The number of carbonyl (C=O) groups excluding carboxylic acids is 2. The van der Waals surface area contributed by atoms with Crippen LogP contribution in [0, 0.1) is 0 Å². The minimum Gasteiger partial charge on any atom is -0.477 e. The van der Waals surface area contributed by atoms with Crippen molar-refractivity contribution in [3.63, 3.8) is 0 Å². The van der Waals surface area contributed by atoms with Crippen molar-refractivity contribution in [3.05, 3.63) is 109 Å². The Bertz CT molecular complexity index is 2020. The van der Waals surface area contributed by atoms with E-state index in [9.17, 15) is 19.5 Å². The number of quaternary nitrogens is 1. The second-order valence-electron chi connectivity index (χ2n) is 29.8. The predicted octanol–water partition coefficient (Wildman–Crippen LogP) is 27.7. The fraction of sp³-hybridized carbons (Fsp3) is 0.769. The number of allylic oxidation sites excluding steroid dienone is 18. The summed E-state index contributed by atoms with van der Waals surface area (Å²) in [5.41, 5.74) is 0. The molecule has 0 spiro atoms. The average Bonchev–Trinajstić information content (AvgIpc) is 1.67. The fourth-order valence-corrected chi connectivity index (χ4v) is 12.4. The normalized spacial score (nSPS) is 13.2. The molecule has 0 aromatic rings. The molecule has 0 amide bonds. The first-order valence-electron chi connectivity index (χ1n) is 42.6. The summed E-state index contributed by atoms with van der Waals surface area (Å²) in [6.45, 7) is 4.80. The van der Waals surface area contributed by atoms with E-state index in [0.717, 1.165) is 103 Å². The van der Waals surface area contributed by atoms with Gasteiger partial charge in [-0.25, -0.2) is 4.79 Å². The molecule has 0 rings (SSSR count). The molecule has 0 aliphatic rings. The van der Waals surface area contributed by atoms with Crippen molar-refractivity contribution in [1.29, 1.82) is 0 Å². The van der Waals surface area contributed by atoms with Gasteiger partial charge in [-0.05, 0) is 83.5 Å². The number of aliphatic carboxylic acids is 1. The summed E-state index contributed by atoms with van der Waals surface area (Å²) in [5, 5.41) is 9.78. The van der Waals surface area contributed by atoms with Gasteiger partial charge < -0.3 is 28.5 Å². The molecule has 0 bridgehead atoms. The zero-order chi connectivity index (χ0) is 72.5. The van der Waals surface area contributed by atoms with Crippen LogP contribution in [-0.4, -0.2) is 87.4 Å². The molecule has 9 nitrogen and oxygen atoms in total. The Kier molecular flexibility index (Phi) is 77.4. The molecule has 0 radical (unpaired) electrons. The minimum atomic E-state index is -1.52. The monoisotopic (exact) mass is 1400 g/mol. The SMILES string of the molecule is CC/C=C\C/C=C\C/C=C\C/C=C\C/C=C\C/C=C\C/C=C\C/C=C\C/C=C\CCCCCCCCCC(=O)OC(COC(=O)CCCCCCCCCCCCCCCCCCCCCCCCCCCCCCCCCCCCCCCCCC)COC(OCC[N+](C)(C)C)C(=O)O. The Balaban J connectivity index is 4.01. The minimum absolute atomic E-state index is 0.182. The molecule has 578 valence electrons. The average molecular weight is 1400 g/mol. The molecule has 0 aliphatic heterocycles. The zero-order valence-electron chi connectivity index (χ0n) is 66.3. The number of unbranched alkanes of at least 4 members (excludes halogenated alkanes) is 46. The maximum absolute atomic E-state index is 13.0. The summed E-state index contributed by atoms with van der Waals surface area (Å²) < 4.78 is 23.0. The number of hydrogen-bond acceptors (Lipinski definition) is 7. The third kappa shape index (κ3) is 81.3. The topological polar surface area (TPSA) is 108 Å². The summed E-state index contributed by atoms with van der Waals surface area (Å²) in [5.74, 6) is -2.01. The van der Waals surface area contributed by atoms with Crippen LogP contribution in [0.25, 0.3) is 0 Å². The quantitative estimate of drug-likeness (QED) is 0.0211. The van der Waals surface area contributed by atoms with Crippen molar-refractivity contribution in [3.8, 4) is 0 Å². The summed E-state index contributed by atoms with van der Waals surface area (Å²) in [7, 11) is 5.98. The summed E-state index contributed by atoms with van der Waals surface area (Å²) >= 11 is 0. The van der Waals surface area contributed by atoms with Crippen molar-refractivity contribution in [2.45, 2.75) is 405 Å². The Morgan fingerprint density at radius 2 is 0.570 bits per heavy atom. The number of esters is 2. The van der Waals surface area contributed by atoms with E-state index in [4.69, 9.17) is 18.9 Å². The number of hydrogen-bond donors (Lipinski definition) is 1. The first-order valence-corrected chi connectivity index (χ1v) is 42.6. The molecule has 1 N–H and O–H groups in total. The molecular weight excluding hydrogens is 1230 g/mol. The van der Waals surface area contributed by atoms with Crippen LogP contribution >= 0.6 is 0 Å². The number of carbonyl (C=O) groups is 3. The van der Waals surface area contributed by atoms with Crippen molar-refractivity contribution in [2.24, 2.45) is 0 Å². The van der Waals surface area contributed by atoms with Crippen LogP contribution in [0.3, 0.4) is 0 Å². The van der Waals surface area contributed by atoms with Crippen LogP contribution in [0.4, 0.5) is 0 Å². The third-order valence-electron chi connectivity index (χ3n) is 18.8. The van der Waals surface area contributed by atoms with Crippen LogP contribution in [0.1, 0.15) is 393 Å². The van der Waals surface area contributed by atoms with E-state index in [1.807, 2.05) is 21.1 Å². The molecule has 0 saturated heterocycles. The van der Waals surface area contributed by atoms with E-state index < -0.39 is 24.3 Å². The molecule has 2 unspecified atom stereocenters. The van der Waals surface area contributed by atoms with Gasteiger partial charge in [-0.3, -0.25) is 9.59 Å². The van der Waals surface area contributed by atoms with Gasteiger partial charge in [-0.2, -0.15) is 0 Å². The van der Waals surface area contributed by atoms with Gasteiger partial charge >= 0.3 is 17.9 Å². The molecule has 0 fully saturated rings. The van der Waals surface area contributed by atoms with E-state index in [1.54, 1.807) is 0 Å². The highest BCUT2D eigenvalue weighted by molar-refractivity contribution is 5.71. The number of ether oxygens (including phenoxy) is 4. The van der Waals surface area contributed by atoms with E-state index in [0.29, 0.717) is 23.9 Å². The van der Waals surface area contributed by atoms with Crippen LogP contribution in [-0.2, 0) is 33.3 Å². The predicted molar refractivity (Wildman–Crippen MR) is 433 cm³/mol. The van der Waals surface area contributed by atoms with Gasteiger partial charge in [-0.15, -0.1) is 0 Å². The number of likely N-dealkylation sites (N-methyl/N-ethyl adjacent to an activating group) is 1. The first kappa shape index (κ1) is 96.0. The molecule has 0 aromatic heterocycles. The molecule has 9 heteroatoms. The standard InChI is InChI=1S/C91H161NO8/c1-6-8-10-12-14-16-18-20-22-24-26-28-30-32-34-36-38-40-42-43-44-45-46-48-49-51-53-55-57-59-61-63-65-67-69-71-73-75-77-79-81-88(93)98-85-87(86-99-91(90(95)96)97-84-83-92(3,4)5)100-89(94)82-80-78-76-74-72-70-68-66-64-62-60-58-56-54-52-50-47-41-39-37-35-33-31-29-27-25-23-21-19-17-15-13-11-9-7-2/h9,11,15,17,21,23,27,29,33,35,39,41,50,52,56,58,62,64,87,91H,6-8,10,12-14,16,18-20,22,24-26,28,30-32,34,36-38,40,42-49,51,53-55,57,59-61,63,65-86H2,1-5H3/p+1/b11-9-,17-15-,23-21-,29-27-,35-33-,41-39-,52-50-,58-56-,64-62-. The van der Waals surface area contributed by atoms with Crippen molar-refractivity contribution >= 4 is 17.9 Å². The Morgan fingerprint density at radius 1 is 0.310 bits per heavy atom. The Labute approximate surface area is 619 Å². The first-order chi connectivity index (χ1) is 49.1. The maximum Gasteiger partial charge on any atom is 0.361 e. The molecule has 0 saturated carbocycles. The molecule has 0 aliphatic carbocycles. The van der Waals surface area contributed by atoms with Gasteiger partial charge in [-0.1, -0.05) is 406 Å². The zero-order valence-corrected chi connectivity index (χ0v) is 66.3. The molecule has 100 heavy (non-hydrogen) atoms. The van der Waals surface area contributed by atoms with Gasteiger partial charge in [0, 0.05) is 12.8 Å². The van der Waals surface area contributed by atoms with Gasteiger partial charge in [0.05, 0.1) is 34.4 Å².